The van der Waals surface area contributed by atoms with Crippen LogP contribution in [-0.4, -0.2) is 17.1 Å². The number of unbranched alkanes of at least 4 members (excludes halogenated alkanes) is 1. The maximum atomic E-state index is 12.7. The number of hydrogen-bond donors (Lipinski definition) is 1. The maximum absolute atomic E-state index is 12.7. The van der Waals surface area contributed by atoms with Gasteiger partial charge in [-0.3, -0.25) is 4.79 Å². The first-order valence-corrected chi connectivity index (χ1v) is 8.80. The van der Waals surface area contributed by atoms with Crippen molar-refractivity contribution in [2.75, 3.05) is 6.61 Å². The molecule has 0 saturated heterocycles. The van der Waals surface area contributed by atoms with Crippen LogP contribution in [0.5, 0.6) is 5.75 Å². The van der Waals surface area contributed by atoms with Gasteiger partial charge in [0.25, 0.3) is 5.91 Å². The molecule has 5 nitrogen and oxygen atoms in total. The van der Waals surface area contributed by atoms with Gasteiger partial charge >= 0.3 is 0 Å². The van der Waals surface area contributed by atoms with E-state index < -0.39 is 0 Å². The van der Waals surface area contributed by atoms with Gasteiger partial charge in [0, 0.05) is 11.9 Å². The predicted molar refractivity (Wildman–Crippen MR) is 97.9 cm³/mol. The number of nitrogens with one attached hydrogen (secondary N) is 1. The van der Waals surface area contributed by atoms with Crippen LogP contribution in [-0.2, 0) is 13.1 Å². The molecule has 0 unspecified atom stereocenters. The summed E-state index contributed by atoms with van der Waals surface area (Å²) in [5.74, 6) is 1.45. The molecule has 5 heteroatoms. The molecule has 1 amide bonds. The maximum Gasteiger partial charge on any atom is 0.268 e. The zero-order chi connectivity index (χ0) is 17.6. The number of carbonyl (C=O) groups excluding carboxylic acids is 1. The lowest BCUT2D eigenvalue weighted by Gasteiger charge is -2.10. The van der Waals surface area contributed by atoms with Crippen molar-refractivity contribution in [3.63, 3.8) is 0 Å². The molecule has 0 spiro atoms. The smallest absolute Gasteiger partial charge is 0.268 e. The van der Waals surface area contributed by atoms with Gasteiger partial charge in [0.2, 0.25) is 0 Å². The first-order chi connectivity index (χ1) is 12.2. The van der Waals surface area contributed by atoms with Gasteiger partial charge < -0.3 is 19.0 Å². The number of carbonyl (C=O) groups is 1. The van der Waals surface area contributed by atoms with E-state index in [0.29, 0.717) is 18.8 Å². The molecule has 0 bridgehead atoms. The van der Waals surface area contributed by atoms with Crippen molar-refractivity contribution in [3.8, 4) is 5.75 Å². The van der Waals surface area contributed by atoms with Crippen LogP contribution in [0.1, 0.15) is 42.9 Å². The van der Waals surface area contributed by atoms with E-state index in [-0.39, 0.29) is 5.91 Å². The normalized spacial score (nSPS) is 11.0. The van der Waals surface area contributed by atoms with Crippen molar-refractivity contribution >= 4 is 16.8 Å². The lowest BCUT2D eigenvalue weighted by Crippen LogP contribution is -2.25. The van der Waals surface area contributed by atoms with Gasteiger partial charge in [0.1, 0.15) is 17.2 Å². The van der Waals surface area contributed by atoms with Gasteiger partial charge in [-0.25, -0.2) is 0 Å². The summed E-state index contributed by atoms with van der Waals surface area (Å²) in [4.78, 5) is 12.7. The fourth-order valence-electron chi connectivity index (χ4n) is 2.96. The van der Waals surface area contributed by atoms with Crippen molar-refractivity contribution in [1.29, 1.82) is 0 Å². The standard InChI is InChI=1S/C20H24N2O3/c1-3-5-11-22-17-9-6-10-19(24-4-2)16(17)13-18(22)20(23)21-14-15-8-7-12-25-15/h6-10,12-13H,3-5,11,14H2,1-2H3,(H,21,23). The predicted octanol–water partition coefficient (Wildman–Crippen LogP) is 4.36. The molecule has 0 aliphatic rings. The molecule has 1 N–H and O–H groups in total. The Morgan fingerprint density at radius 3 is 2.84 bits per heavy atom. The lowest BCUT2D eigenvalue weighted by atomic mass is 10.2. The van der Waals surface area contributed by atoms with E-state index in [4.69, 9.17) is 9.15 Å². The number of aryl methyl sites for hydroxylation is 1. The zero-order valence-electron chi connectivity index (χ0n) is 14.7. The second-order valence-electron chi connectivity index (χ2n) is 5.92. The minimum Gasteiger partial charge on any atom is -0.493 e. The Hall–Kier alpha value is -2.69. The molecule has 0 atom stereocenters. The molecule has 3 rings (SSSR count). The number of fused-ring (bicyclic) bond motifs is 1. The number of aromatic nitrogens is 1. The van der Waals surface area contributed by atoms with Crippen LogP contribution in [0.15, 0.2) is 47.1 Å². The summed E-state index contributed by atoms with van der Waals surface area (Å²) in [6, 6.07) is 11.5. The second kappa shape index (κ2) is 7.92. The molecule has 0 saturated carbocycles. The van der Waals surface area contributed by atoms with Crippen molar-refractivity contribution in [2.24, 2.45) is 0 Å². The molecule has 0 aliphatic heterocycles. The van der Waals surface area contributed by atoms with Crippen LogP contribution in [0, 0.1) is 0 Å². The van der Waals surface area contributed by atoms with Gasteiger partial charge in [-0.05, 0) is 43.7 Å². The fraction of sp³-hybridized carbons (Fsp3) is 0.350. The first kappa shape index (κ1) is 17.1. The Labute approximate surface area is 147 Å². The summed E-state index contributed by atoms with van der Waals surface area (Å²) in [5.41, 5.74) is 1.68. The van der Waals surface area contributed by atoms with Crippen LogP contribution in [0.25, 0.3) is 10.9 Å². The van der Waals surface area contributed by atoms with Crippen molar-refractivity contribution in [1.82, 2.24) is 9.88 Å². The summed E-state index contributed by atoms with van der Waals surface area (Å²) in [5, 5.41) is 3.91. The highest BCUT2D eigenvalue weighted by molar-refractivity contribution is 6.00. The van der Waals surface area contributed by atoms with Gasteiger partial charge in [-0.2, -0.15) is 0 Å². The average Bonchev–Trinajstić information content (AvgIpc) is 3.26. The van der Waals surface area contributed by atoms with Crippen LogP contribution < -0.4 is 10.1 Å². The second-order valence-corrected chi connectivity index (χ2v) is 5.92. The molecular weight excluding hydrogens is 316 g/mol. The molecular formula is C20H24N2O3. The van der Waals surface area contributed by atoms with Gasteiger partial charge in [-0.1, -0.05) is 19.4 Å². The van der Waals surface area contributed by atoms with Crippen molar-refractivity contribution < 1.29 is 13.9 Å². The average molecular weight is 340 g/mol. The van der Waals surface area contributed by atoms with E-state index in [9.17, 15) is 4.79 Å². The number of amides is 1. The molecule has 0 aliphatic carbocycles. The van der Waals surface area contributed by atoms with Crippen molar-refractivity contribution in [2.45, 2.75) is 39.8 Å². The number of benzene rings is 1. The monoisotopic (exact) mass is 340 g/mol. The third-order valence-corrected chi connectivity index (χ3v) is 4.18. The molecule has 2 aromatic heterocycles. The summed E-state index contributed by atoms with van der Waals surface area (Å²) in [6.07, 6.45) is 3.69. The topological polar surface area (TPSA) is 56.4 Å². The Kier molecular flexibility index (Phi) is 5.43. The lowest BCUT2D eigenvalue weighted by molar-refractivity contribution is 0.0939. The van der Waals surface area contributed by atoms with Gasteiger partial charge in [0.05, 0.1) is 24.9 Å². The van der Waals surface area contributed by atoms with Gasteiger partial charge in [-0.15, -0.1) is 0 Å². The number of hydrogen-bond acceptors (Lipinski definition) is 3. The number of nitrogens with zero attached hydrogens (tertiary/aromatic N) is 1. The third-order valence-electron chi connectivity index (χ3n) is 4.18. The van der Waals surface area contributed by atoms with Gasteiger partial charge in [0.15, 0.2) is 0 Å². The van der Waals surface area contributed by atoms with E-state index in [2.05, 4.69) is 16.8 Å². The number of furan rings is 1. The molecule has 2 heterocycles. The Morgan fingerprint density at radius 2 is 2.12 bits per heavy atom. The summed E-state index contributed by atoms with van der Waals surface area (Å²) in [7, 11) is 0. The molecule has 0 fully saturated rings. The minimum absolute atomic E-state index is 0.105. The Balaban J connectivity index is 1.93. The number of rotatable bonds is 8. The van der Waals surface area contributed by atoms with Crippen LogP contribution in [0.2, 0.25) is 0 Å². The molecule has 0 radical (unpaired) electrons. The quantitative estimate of drug-likeness (QED) is 0.663. The van der Waals surface area contributed by atoms with E-state index in [1.54, 1.807) is 6.26 Å². The highest BCUT2D eigenvalue weighted by Gasteiger charge is 2.17. The third kappa shape index (κ3) is 3.71. The van der Waals surface area contributed by atoms with Crippen molar-refractivity contribution in [3.05, 3.63) is 54.1 Å². The largest absolute Gasteiger partial charge is 0.493 e. The molecule has 25 heavy (non-hydrogen) atoms. The minimum atomic E-state index is -0.105. The Morgan fingerprint density at radius 1 is 1.24 bits per heavy atom. The van der Waals surface area contributed by atoms with E-state index in [1.807, 2.05) is 43.3 Å². The van der Waals surface area contributed by atoms with E-state index in [0.717, 1.165) is 41.8 Å². The van der Waals surface area contributed by atoms with Crippen LogP contribution in [0.3, 0.4) is 0 Å². The molecule has 132 valence electrons. The molecule has 3 aromatic rings. The SMILES string of the molecule is CCCCn1c(C(=O)NCc2ccco2)cc2c(OCC)cccc21. The van der Waals surface area contributed by atoms with Crippen LogP contribution in [0.4, 0.5) is 0 Å². The van der Waals surface area contributed by atoms with Crippen LogP contribution >= 0.6 is 0 Å². The number of ether oxygens (including phenoxy) is 1. The summed E-state index contributed by atoms with van der Waals surface area (Å²) in [6.45, 7) is 5.88. The first-order valence-electron chi connectivity index (χ1n) is 8.80. The Bertz CT molecular complexity index is 834. The summed E-state index contributed by atoms with van der Waals surface area (Å²) < 4.78 is 13.1. The molecule has 1 aromatic carbocycles. The fourth-order valence-corrected chi connectivity index (χ4v) is 2.96. The highest BCUT2D eigenvalue weighted by Crippen LogP contribution is 2.29. The van der Waals surface area contributed by atoms with E-state index >= 15 is 0 Å². The zero-order valence-corrected chi connectivity index (χ0v) is 14.7. The highest BCUT2D eigenvalue weighted by atomic mass is 16.5. The summed E-state index contributed by atoms with van der Waals surface area (Å²) >= 11 is 0. The van der Waals surface area contributed by atoms with E-state index in [1.165, 1.54) is 0 Å².